The number of benzene rings is 2. The Morgan fingerprint density at radius 1 is 1.13 bits per heavy atom. The van der Waals surface area contributed by atoms with Gasteiger partial charge in [-0.2, -0.15) is 5.10 Å². The van der Waals surface area contributed by atoms with Crippen molar-refractivity contribution in [2.24, 2.45) is 22.4 Å². The first-order chi connectivity index (χ1) is 18.6. The number of nitrogens with two attached hydrogens (primary N) is 2. The van der Waals surface area contributed by atoms with Crippen molar-refractivity contribution in [2.45, 2.75) is 45.6 Å². The van der Waals surface area contributed by atoms with Gasteiger partial charge in [0.1, 0.15) is 5.84 Å². The van der Waals surface area contributed by atoms with Gasteiger partial charge >= 0.3 is 0 Å². The number of rotatable bonds is 7. The molecule has 2 aromatic heterocycles. The van der Waals surface area contributed by atoms with Gasteiger partial charge in [0.2, 0.25) is 0 Å². The summed E-state index contributed by atoms with van der Waals surface area (Å²) in [4.78, 5) is 4.52. The highest BCUT2D eigenvalue weighted by atomic mass is 19.1. The monoisotopic (exact) mass is 534 g/mol. The fourth-order valence-electron chi connectivity index (χ4n) is 5.28. The Hall–Kier alpha value is -4.18. The molecule has 1 aliphatic rings. The fraction of sp³-hybridized carbons (Fsp3) is 0.310. The number of aliphatic imine (C=N–C) groups is 1. The number of nitrogens with one attached hydrogen (secondary N) is 1. The van der Waals surface area contributed by atoms with Crippen LogP contribution in [0, 0.1) is 24.5 Å². The van der Waals surface area contributed by atoms with Gasteiger partial charge in [0.15, 0.2) is 23.1 Å². The van der Waals surface area contributed by atoms with Gasteiger partial charge in [0.05, 0.1) is 28.7 Å². The van der Waals surface area contributed by atoms with E-state index in [0.717, 1.165) is 25.3 Å². The third-order valence-electron chi connectivity index (χ3n) is 7.44. The predicted octanol–water partition coefficient (Wildman–Crippen LogP) is 5.14. The number of aromatic nitrogens is 2. The van der Waals surface area contributed by atoms with Gasteiger partial charge in [-0.15, -0.1) is 0 Å². The molecule has 39 heavy (non-hydrogen) atoms. The highest BCUT2D eigenvalue weighted by Gasteiger charge is 2.23. The van der Waals surface area contributed by atoms with Crippen LogP contribution in [-0.2, 0) is 6.42 Å². The van der Waals surface area contributed by atoms with E-state index >= 15 is 0 Å². The number of fused-ring (bicyclic) bond motifs is 1. The van der Waals surface area contributed by atoms with E-state index in [4.69, 9.17) is 11.5 Å². The lowest BCUT2D eigenvalue weighted by atomic mass is 10.0. The van der Waals surface area contributed by atoms with Crippen LogP contribution in [-0.4, -0.2) is 38.2 Å². The second kappa shape index (κ2) is 10.5. The van der Waals surface area contributed by atoms with Crippen LogP contribution in [0.25, 0.3) is 16.6 Å². The van der Waals surface area contributed by atoms with Crippen LogP contribution in [0.2, 0.25) is 0 Å². The second-order valence-corrected chi connectivity index (χ2v) is 10.2. The Labute approximate surface area is 225 Å². The molecule has 5 rings (SSSR count). The summed E-state index contributed by atoms with van der Waals surface area (Å²) in [5, 5.41) is 27.6. The summed E-state index contributed by atoms with van der Waals surface area (Å²) in [5.74, 6) is -1.81. The maximum absolute atomic E-state index is 14.2. The molecule has 0 bridgehead atoms. The first kappa shape index (κ1) is 26.4. The van der Waals surface area contributed by atoms with Gasteiger partial charge in [-0.05, 0) is 79.5 Å². The highest BCUT2D eigenvalue weighted by Crippen LogP contribution is 2.34. The first-order valence-electron chi connectivity index (χ1n) is 13.0. The molecule has 1 saturated carbocycles. The number of aryl methyl sites for hydroxylation is 2. The Balaban J connectivity index is 1.62. The average molecular weight is 535 g/mol. The van der Waals surface area contributed by atoms with Crippen molar-refractivity contribution in [3.63, 3.8) is 0 Å². The highest BCUT2D eigenvalue weighted by molar-refractivity contribution is 6.06. The molecule has 10 heteroatoms. The van der Waals surface area contributed by atoms with E-state index in [1.807, 2.05) is 13.0 Å². The number of hydrogen-bond acceptors (Lipinski definition) is 6. The summed E-state index contributed by atoms with van der Waals surface area (Å²) in [6.07, 6.45) is 6.80. The Morgan fingerprint density at radius 3 is 2.59 bits per heavy atom. The third kappa shape index (κ3) is 5.24. The molecule has 0 aliphatic heterocycles. The quantitative estimate of drug-likeness (QED) is 0.165. The van der Waals surface area contributed by atoms with E-state index in [1.165, 1.54) is 18.2 Å². The van der Waals surface area contributed by atoms with Crippen molar-refractivity contribution < 1.29 is 19.0 Å². The third-order valence-corrected chi connectivity index (χ3v) is 7.44. The van der Waals surface area contributed by atoms with E-state index < -0.39 is 23.1 Å². The van der Waals surface area contributed by atoms with Crippen LogP contribution in [0.3, 0.4) is 0 Å². The lowest BCUT2D eigenvalue weighted by molar-refractivity contribution is 0.432. The van der Waals surface area contributed by atoms with Gasteiger partial charge in [0, 0.05) is 30.4 Å². The number of aromatic hydroxyl groups is 2. The van der Waals surface area contributed by atoms with Crippen molar-refractivity contribution in [2.75, 3.05) is 11.9 Å². The SMILES string of the molecule is CCc1cc(O)c(F)cc1N=C(N)c1cnn2cc(-c3cc(F)c(O)cc3C)cc2c1NC[C@@H]1CC[C@H](N)C1. The molecule has 0 spiro atoms. The van der Waals surface area contributed by atoms with Gasteiger partial charge in [-0.3, -0.25) is 0 Å². The Morgan fingerprint density at radius 2 is 1.87 bits per heavy atom. The van der Waals surface area contributed by atoms with Crippen molar-refractivity contribution in [1.29, 1.82) is 0 Å². The fourth-order valence-corrected chi connectivity index (χ4v) is 5.28. The van der Waals surface area contributed by atoms with Gasteiger partial charge in [-0.1, -0.05) is 6.92 Å². The maximum Gasteiger partial charge on any atom is 0.166 e. The van der Waals surface area contributed by atoms with Crippen LogP contribution >= 0.6 is 0 Å². The minimum atomic E-state index is -0.782. The van der Waals surface area contributed by atoms with Crippen LogP contribution in [0.15, 0.2) is 47.7 Å². The molecule has 4 aromatic rings. The molecule has 7 N–H and O–H groups in total. The summed E-state index contributed by atoms with van der Waals surface area (Å²) in [6.45, 7) is 4.34. The van der Waals surface area contributed by atoms with Crippen molar-refractivity contribution >= 4 is 22.7 Å². The van der Waals surface area contributed by atoms with Crippen molar-refractivity contribution in [3.05, 3.63) is 71.1 Å². The van der Waals surface area contributed by atoms with Crippen molar-refractivity contribution in [1.82, 2.24) is 9.61 Å². The molecule has 0 amide bonds. The molecular weight excluding hydrogens is 502 g/mol. The summed E-state index contributed by atoms with van der Waals surface area (Å²) >= 11 is 0. The lowest BCUT2D eigenvalue weighted by Gasteiger charge is -2.17. The molecule has 2 atom stereocenters. The second-order valence-electron chi connectivity index (χ2n) is 10.2. The summed E-state index contributed by atoms with van der Waals surface area (Å²) in [7, 11) is 0. The zero-order chi connectivity index (χ0) is 27.8. The van der Waals surface area contributed by atoms with Crippen molar-refractivity contribution in [3.8, 4) is 22.6 Å². The van der Waals surface area contributed by atoms with Gasteiger partial charge in [-0.25, -0.2) is 18.3 Å². The van der Waals surface area contributed by atoms with Gasteiger partial charge in [0.25, 0.3) is 0 Å². The zero-order valence-electron chi connectivity index (χ0n) is 21.9. The Kier molecular flexibility index (Phi) is 7.14. The maximum atomic E-state index is 14.2. The van der Waals surface area contributed by atoms with E-state index in [1.54, 1.807) is 23.8 Å². The van der Waals surface area contributed by atoms with Crippen LogP contribution in [0.5, 0.6) is 11.5 Å². The minimum absolute atomic E-state index is 0.130. The van der Waals surface area contributed by atoms with Gasteiger partial charge < -0.3 is 27.0 Å². The smallest absolute Gasteiger partial charge is 0.166 e. The first-order valence-corrected chi connectivity index (χ1v) is 13.0. The van der Waals surface area contributed by atoms with E-state index in [-0.39, 0.29) is 11.9 Å². The molecule has 2 heterocycles. The number of halogens is 2. The number of anilines is 1. The average Bonchev–Trinajstić information content (AvgIpc) is 3.52. The topological polar surface area (TPSA) is 134 Å². The standard InChI is InChI=1S/C29H32F2N6O2/c1-3-17-9-27(39)23(31)11-24(17)36-29(33)21-13-35-37-14-18(20-10-22(30)26(38)6-15(20)2)8-25(37)28(21)34-12-16-4-5-19(32)7-16/h6,8-11,13-14,16,19,34,38-39H,3-5,7,12,32H2,1-2H3,(H2,33,36)/t16-,19+/m1/s1. The number of phenolic OH excluding ortho intramolecular Hbond substituents is 2. The van der Waals surface area contributed by atoms with Crippen LogP contribution < -0.4 is 16.8 Å². The molecular formula is C29H32F2N6O2. The molecule has 1 fully saturated rings. The molecule has 204 valence electrons. The molecule has 8 nitrogen and oxygen atoms in total. The van der Waals surface area contributed by atoms with E-state index in [9.17, 15) is 19.0 Å². The van der Waals surface area contributed by atoms with E-state index in [0.29, 0.717) is 63.6 Å². The zero-order valence-corrected chi connectivity index (χ0v) is 21.9. The number of amidine groups is 1. The number of hydrogen-bond donors (Lipinski definition) is 5. The number of phenols is 2. The summed E-state index contributed by atoms with van der Waals surface area (Å²) < 4.78 is 30.1. The minimum Gasteiger partial charge on any atom is -0.505 e. The largest absolute Gasteiger partial charge is 0.505 e. The lowest BCUT2D eigenvalue weighted by Crippen LogP contribution is -2.21. The Bertz CT molecular complexity index is 1580. The predicted molar refractivity (Wildman–Crippen MR) is 149 cm³/mol. The molecule has 1 aliphatic carbocycles. The number of nitrogens with zero attached hydrogens (tertiary/aromatic N) is 3. The summed E-state index contributed by atoms with van der Waals surface area (Å²) in [5.41, 5.74) is 17.6. The normalized spacial score (nSPS) is 17.7. The summed E-state index contributed by atoms with van der Waals surface area (Å²) in [6, 6.07) is 7.27. The molecule has 0 saturated heterocycles. The molecule has 2 aromatic carbocycles. The molecule has 0 unspecified atom stereocenters. The van der Waals surface area contributed by atoms with E-state index in [2.05, 4.69) is 15.4 Å². The van der Waals surface area contributed by atoms with Crippen LogP contribution in [0.1, 0.15) is 42.9 Å². The molecule has 0 radical (unpaired) electrons. The van der Waals surface area contributed by atoms with Crippen LogP contribution in [0.4, 0.5) is 20.2 Å².